The number of nitrogens with zero attached hydrogens (tertiary/aromatic N) is 3. The normalized spacial score (nSPS) is 12.9. The molecule has 0 fully saturated rings. The lowest BCUT2D eigenvalue weighted by molar-refractivity contribution is -0.117. The van der Waals surface area contributed by atoms with Gasteiger partial charge < -0.3 is 14.8 Å². The predicted molar refractivity (Wildman–Crippen MR) is 103 cm³/mol. The molecule has 4 rings (SSSR count). The maximum Gasteiger partial charge on any atom is 0.231 e. The summed E-state index contributed by atoms with van der Waals surface area (Å²) in [6, 6.07) is 16.2. The van der Waals surface area contributed by atoms with Crippen molar-refractivity contribution in [3.8, 4) is 0 Å². The summed E-state index contributed by atoms with van der Waals surface area (Å²) < 4.78 is 1.99. The van der Waals surface area contributed by atoms with Crippen molar-refractivity contribution in [1.29, 1.82) is 0 Å². The Bertz CT molecular complexity index is 914. The van der Waals surface area contributed by atoms with Crippen LogP contribution in [0.1, 0.15) is 17.0 Å². The number of fused-ring (bicyclic) bond motifs is 1. The Kier molecular flexibility index (Phi) is 4.44. The van der Waals surface area contributed by atoms with E-state index >= 15 is 0 Å². The number of nitrogens with one attached hydrogen (secondary N) is 1. The van der Waals surface area contributed by atoms with Crippen molar-refractivity contribution < 1.29 is 4.79 Å². The first-order chi connectivity index (χ1) is 12.7. The van der Waals surface area contributed by atoms with Crippen molar-refractivity contribution in [3.63, 3.8) is 0 Å². The summed E-state index contributed by atoms with van der Waals surface area (Å²) in [6.07, 6.45) is 5.09. The van der Waals surface area contributed by atoms with Crippen molar-refractivity contribution in [2.75, 3.05) is 16.8 Å². The molecule has 0 spiro atoms. The Morgan fingerprint density at radius 3 is 2.73 bits per heavy atom. The summed E-state index contributed by atoms with van der Waals surface area (Å²) >= 11 is 0. The van der Waals surface area contributed by atoms with Gasteiger partial charge in [-0.2, -0.15) is 0 Å². The van der Waals surface area contributed by atoms with E-state index in [9.17, 15) is 4.79 Å². The van der Waals surface area contributed by atoms with Crippen LogP contribution in [0.2, 0.25) is 0 Å². The highest BCUT2D eigenvalue weighted by Crippen LogP contribution is 2.28. The molecule has 0 saturated heterocycles. The number of hydrogen-bond donors (Lipinski definition) is 1. The summed E-state index contributed by atoms with van der Waals surface area (Å²) in [5.41, 5.74) is 4.37. The lowest BCUT2D eigenvalue weighted by Gasteiger charge is -2.17. The van der Waals surface area contributed by atoms with Gasteiger partial charge in [0, 0.05) is 37.4 Å². The predicted octanol–water partition coefficient (Wildman–Crippen LogP) is 3.16. The van der Waals surface area contributed by atoms with E-state index in [1.54, 1.807) is 6.20 Å². The van der Waals surface area contributed by atoms with Crippen LogP contribution >= 0.6 is 0 Å². The van der Waals surface area contributed by atoms with Gasteiger partial charge in [0.25, 0.3) is 0 Å². The fourth-order valence-electron chi connectivity index (χ4n) is 3.36. The van der Waals surface area contributed by atoms with Gasteiger partial charge in [-0.15, -0.1) is 0 Å². The highest BCUT2D eigenvalue weighted by atomic mass is 16.2. The molecule has 1 aliphatic rings. The Labute approximate surface area is 153 Å². The van der Waals surface area contributed by atoms with Crippen molar-refractivity contribution in [1.82, 2.24) is 9.55 Å². The fraction of sp³-hybridized carbons (Fsp3) is 0.238. The maximum atomic E-state index is 12.7. The van der Waals surface area contributed by atoms with E-state index in [-0.39, 0.29) is 5.91 Å². The van der Waals surface area contributed by atoms with Crippen molar-refractivity contribution in [2.45, 2.75) is 19.4 Å². The van der Waals surface area contributed by atoms with Gasteiger partial charge in [0.1, 0.15) is 5.82 Å². The van der Waals surface area contributed by atoms with E-state index in [1.807, 2.05) is 65.2 Å². The van der Waals surface area contributed by atoms with E-state index in [0.717, 1.165) is 35.7 Å². The Hall–Kier alpha value is -3.08. The van der Waals surface area contributed by atoms with Gasteiger partial charge in [-0.3, -0.25) is 4.79 Å². The topological polar surface area (TPSA) is 50.2 Å². The second kappa shape index (κ2) is 7.04. The van der Waals surface area contributed by atoms with Gasteiger partial charge in [0.2, 0.25) is 5.91 Å². The van der Waals surface area contributed by atoms with Gasteiger partial charge in [-0.25, -0.2) is 4.98 Å². The number of carbonyl (C=O) groups excluding carboxylic acids is 1. The summed E-state index contributed by atoms with van der Waals surface area (Å²) in [4.78, 5) is 18.9. The smallest absolute Gasteiger partial charge is 0.231 e. The molecule has 1 aliphatic heterocycles. The first-order valence-electron chi connectivity index (χ1n) is 8.88. The second-order valence-corrected chi connectivity index (χ2v) is 6.61. The van der Waals surface area contributed by atoms with Crippen molar-refractivity contribution >= 4 is 17.3 Å². The number of aryl methyl sites for hydroxylation is 1. The highest BCUT2D eigenvalue weighted by molar-refractivity contribution is 5.96. The maximum absolute atomic E-state index is 12.7. The minimum Gasteiger partial charge on any atom is -0.378 e. The van der Waals surface area contributed by atoms with Gasteiger partial charge >= 0.3 is 0 Å². The van der Waals surface area contributed by atoms with Crippen LogP contribution in [0.25, 0.3) is 0 Å². The molecular weight excluding hydrogens is 324 g/mol. The van der Waals surface area contributed by atoms with Gasteiger partial charge in [-0.1, -0.05) is 30.3 Å². The zero-order valence-corrected chi connectivity index (χ0v) is 14.9. The zero-order chi connectivity index (χ0) is 17.9. The number of imidazole rings is 1. The second-order valence-electron chi connectivity index (χ2n) is 6.61. The van der Waals surface area contributed by atoms with E-state index in [2.05, 4.69) is 16.4 Å². The summed E-state index contributed by atoms with van der Waals surface area (Å²) in [6.45, 7) is 1.45. The van der Waals surface area contributed by atoms with Crippen LogP contribution in [-0.4, -0.2) is 22.0 Å². The van der Waals surface area contributed by atoms with Crippen LogP contribution in [0.3, 0.4) is 0 Å². The van der Waals surface area contributed by atoms with Crippen LogP contribution < -0.4 is 10.2 Å². The number of aromatic nitrogens is 2. The van der Waals surface area contributed by atoms with E-state index in [1.165, 1.54) is 5.56 Å². The number of anilines is 2. The van der Waals surface area contributed by atoms with Crippen molar-refractivity contribution in [3.05, 3.63) is 77.9 Å². The van der Waals surface area contributed by atoms with Gasteiger partial charge in [0.05, 0.1) is 13.0 Å². The standard InChI is InChI=1S/C21H22N4O/c1-24-13-11-22-20(24)15-23-18-8-6-16(7-9-18)14-21(26)25-12-10-17-4-2-3-5-19(17)25/h2-9,11,13,23H,10,12,14-15H2,1H3. The lowest BCUT2D eigenvalue weighted by atomic mass is 10.1. The average Bonchev–Trinajstić information content (AvgIpc) is 3.27. The van der Waals surface area contributed by atoms with E-state index < -0.39 is 0 Å². The molecule has 0 bridgehead atoms. The van der Waals surface area contributed by atoms with Crippen LogP contribution in [0, 0.1) is 0 Å². The molecule has 1 amide bonds. The molecule has 0 saturated carbocycles. The number of rotatable bonds is 5. The lowest BCUT2D eigenvalue weighted by Crippen LogP contribution is -2.30. The molecule has 5 heteroatoms. The number of carbonyl (C=O) groups is 1. The molecule has 5 nitrogen and oxygen atoms in total. The molecule has 132 valence electrons. The van der Waals surface area contributed by atoms with Crippen molar-refractivity contribution in [2.24, 2.45) is 7.05 Å². The molecule has 3 aromatic rings. The zero-order valence-electron chi connectivity index (χ0n) is 14.9. The minimum absolute atomic E-state index is 0.156. The molecule has 26 heavy (non-hydrogen) atoms. The molecule has 0 aliphatic carbocycles. The summed E-state index contributed by atoms with van der Waals surface area (Å²) in [5.74, 6) is 1.14. The molecule has 0 atom stereocenters. The Balaban J connectivity index is 1.37. The summed E-state index contributed by atoms with van der Waals surface area (Å²) in [5, 5.41) is 3.36. The molecule has 0 radical (unpaired) electrons. The molecule has 1 N–H and O–H groups in total. The molecular formula is C21H22N4O. The molecule has 0 unspecified atom stereocenters. The third-order valence-electron chi connectivity index (χ3n) is 4.87. The SMILES string of the molecule is Cn1ccnc1CNc1ccc(CC(=O)N2CCc3ccccc32)cc1. The third-order valence-corrected chi connectivity index (χ3v) is 4.87. The monoisotopic (exact) mass is 346 g/mol. The first kappa shape index (κ1) is 16.4. The minimum atomic E-state index is 0.156. The van der Waals surface area contributed by atoms with Crippen LogP contribution in [0.4, 0.5) is 11.4 Å². The first-order valence-corrected chi connectivity index (χ1v) is 8.88. The molecule has 1 aromatic heterocycles. The van der Waals surface area contributed by atoms with Crippen LogP contribution in [-0.2, 0) is 31.2 Å². The van der Waals surface area contributed by atoms with Gasteiger partial charge in [-0.05, 0) is 35.7 Å². The number of benzene rings is 2. The van der Waals surface area contributed by atoms with Crippen LogP contribution in [0.5, 0.6) is 0 Å². The molecule has 2 heterocycles. The Morgan fingerprint density at radius 2 is 1.96 bits per heavy atom. The summed E-state index contributed by atoms with van der Waals surface area (Å²) in [7, 11) is 1.98. The number of amides is 1. The number of para-hydroxylation sites is 1. The Morgan fingerprint density at radius 1 is 1.15 bits per heavy atom. The number of hydrogen-bond acceptors (Lipinski definition) is 3. The van der Waals surface area contributed by atoms with E-state index in [4.69, 9.17) is 0 Å². The quantitative estimate of drug-likeness (QED) is 0.772. The third kappa shape index (κ3) is 3.33. The van der Waals surface area contributed by atoms with E-state index in [0.29, 0.717) is 13.0 Å². The molecule has 2 aromatic carbocycles. The average molecular weight is 346 g/mol. The highest BCUT2D eigenvalue weighted by Gasteiger charge is 2.23. The fourth-order valence-corrected chi connectivity index (χ4v) is 3.36. The van der Waals surface area contributed by atoms with Gasteiger partial charge in [0.15, 0.2) is 0 Å². The van der Waals surface area contributed by atoms with Crippen LogP contribution in [0.15, 0.2) is 60.9 Å². The largest absolute Gasteiger partial charge is 0.378 e.